The van der Waals surface area contributed by atoms with E-state index in [4.69, 9.17) is 9.47 Å². The van der Waals surface area contributed by atoms with E-state index in [9.17, 15) is 4.79 Å². The van der Waals surface area contributed by atoms with Gasteiger partial charge in [0.1, 0.15) is 0 Å². The monoisotopic (exact) mass is 432 g/mol. The summed E-state index contributed by atoms with van der Waals surface area (Å²) in [7, 11) is 1.61. The molecule has 0 radical (unpaired) electrons. The maximum Gasteiger partial charge on any atom is 0.254 e. The Balaban J connectivity index is 0.00000225. The molecule has 2 heterocycles. The normalized spacial score (nSPS) is 22.1. The van der Waals surface area contributed by atoms with Crippen LogP contribution in [0.1, 0.15) is 43.0 Å². The van der Waals surface area contributed by atoms with Gasteiger partial charge in [-0.1, -0.05) is 6.92 Å². The minimum Gasteiger partial charge on any atom is -0.493 e. The highest BCUT2D eigenvalue weighted by molar-refractivity contribution is 9.10. The largest absolute Gasteiger partial charge is 0.493 e. The van der Waals surface area contributed by atoms with Crippen LogP contribution in [-0.4, -0.2) is 49.7 Å². The van der Waals surface area contributed by atoms with Crippen molar-refractivity contribution in [2.45, 2.75) is 44.7 Å². The molecule has 0 spiro atoms. The summed E-state index contributed by atoms with van der Waals surface area (Å²) in [6.07, 6.45) is 4.13. The molecular weight excluding hydrogens is 408 g/mol. The van der Waals surface area contributed by atoms with Gasteiger partial charge in [-0.2, -0.15) is 0 Å². The molecular formula is C18H26BrClN2O3. The summed E-state index contributed by atoms with van der Waals surface area (Å²) in [5, 5.41) is 3.43. The van der Waals surface area contributed by atoms with Gasteiger partial charge in [0.25, 0.3) is 5.91 Å². The van der Waals surface area contributed by atoms with Crippen LogP contribution in [0.5, 0.6) is 11.5 Å². The van der Waals surface area contributed by atoms with Crippen LogP contribution in [0.15, 0.2) is 16.6 Å². The van der Waals surface area contributed by atoms with Crippen LogP contribution in [0.3, 0.4) is 0 Å². The Bertz CT molecular complexity index is 600. The molecule has 1 amide bonds. The van der Waals surface area contributed by atoms with Crippen LogP contribution in [0.25, 0.3) is 0 Å². The number of rotatable bonds is 5. The lowest BCUT2D eigenvalue weighted by Crippen LogP contribution is -2.42. The third-order valence-corrected chi connectivity index (χ3v) is 5.40. The molecule has 140 valence electrons. The number of carbonyl (C=O) groups excluding carboxylic acids is 1. The molecule has 25 heavy (non-hydrogen) atoms. The van der Waals surface area contributed by atoms with Gasteiger partial charge in [-0.05, 0) is 60.3 Å². The molecule has 1 aromatic carbocycles. The lowest BCUT2D eigenvalue weighted by atomic mass is 10.1. The van der Waals surface area contributed by atoms with Crippen LogP contribution in [0.2, 0.25) is 0 Å². The number of benzene rings is 1. The average Bonchev–Trinajstić information content (AvgIpc) is 2.85. The Hall–Kier alpha value is -0.980. The minimum absolute atomic E-state index is 0. The van der Waals surface area contributed by atoms with E-state index in [0.29, 0.717) is 35.8 Å². The van der Waals surface area contributed by atoms with Gasteiger partial charge in [-0.15, -0.1) is 12.4 Å². The number of methoxy groups -OCH3 is 1. The number of hydrogen-bond acceptors (Lipinski definition) is 4. The maximum absolute atomic E-state index is 13.1. The van der Waals surface area contributed by atoms with Gasteiger partial charge in [-0.25, -0.2) is 0 Å². The van der Waals surface area contributed by atoms with Gasteiger partial charge in [0.15, 0.2) is 11.5 Å². The molecule has 2 fully saturated rings. The highest BCUT2D eigenvalue weighted by Crippen LogP contribution is 2.38. The van der Waals surface area contributed by atoms with Crippen molar-refractivity contribution in [3.05, 3.63) is 22.2 Å². The molecule has 0 saturated carbocycles. The molecule has 2 aliphatic rings. The molecule has 5 nitrogen and oxygen atoms in total. The number of amides is 1. The number of hydrogen-bond donors (Lipinski definition) is 1. The molecule has 0 aliphatic carbocycles. The third-order valence-electron chi connectivity index (χ3n) is 4.82. The molecule has 3 rings (SSSR count). The molecule has 2 bridgehead atoms. The molecule has 7 heteroatoms. The smallest absolute Gasteiger partial charge is 0.254 e. The Kier molecular flexibility index (Phi) is 7.40. The summed E-state index contributed by atoms with van der Waals surface area (Å²) >= 11 is 3.53. The zero-order valence-corrected chi connectivity index (χ0v) is 17.1. The average molecular weight is 434 g/mol. The topological polar surface area (TPSA) is 50.8 Å². The lowest BCUT2D eigenvalue weighted by molar-refractivity contribution is 0.0679. The van der Waals surface area contributed by atoms with Crippen LogP contribution in [0, 0.1) is 0 Å². The van der Waals surface area contributed by atoms with E-state index in [1.165, 1.54) is 0 Å². The molecule has 2 unspecified atom stereocenters. The van der Waals surface area contributed by atoms with E-state index >= 15 is 0 Å². The minimum atomic E-state index is 0. The zero-order valence-electron chi connectivity index (χ0n) is 14.7. The van der Waals surface area contributed by atoms with Crippen molar-refractivity contribution in [2.75, 3.05) is 26.8 Å². The summed E-state index contributed by atoms with van der Waals surface area (Å²) in [5.74, 6) is 1.35. The van der Waals surface area contributed by atoms with Gasteiger partial charge >= 0.3 is 0 Å². The first kappa shape index (κ1) is 20.3. The number of halogens is 2. The van der Waals surface area contributed by atoms with Crippen molar-refractivity contribution < 1.29 is 14.3 Å². The van der Waals surface area contributed by atoms with Crippen LogP contribution in [0.4, 0.5) is 0 Å². The number of ether oxygens (including phenoxy) is 2. The fraction of sp³-hybridized carbons (Fsp3) is 0.611. The van der Waals surface area contributed by atoms with Crippen LogP contribution >= 0.6 is 28.3 Å². The van der Waals surface area contributed by atoms with Crippen molar-refractivity contribution in [1.82, 2.24) is 10.2 Å². The quantitative estimate of drug-likeness (QED) is 0.770. The molecule has 2 saturated heterocycles. The second kappa shape index (κ2) is 9.10. The van der Waals surface area contributed by atoms with Crippen molar-refractivity contribution in [2.24, 2.45) is 0 Å². The first-order valence-corrected chi connectivity index (χ1v) is 9.48. The molecule has 2 aliphatic heterocycles. The number of nitrogens with one attached hydrogen (secondary N) is 1. The van der Waals surface area contributed by atoms with E-state index < -0.39 is 0 Å². The molecule has 2 atom stereocenters. The van der Waals surface area contributed by atoms with E-state index in [0.717, 1.165) is 43.2 Å². The fourth-order valence-corrected chi connectivity index (χ4v) is 4.21. The number of carbonyl (C=O) groups is 1. The Labute approximate surface area is 164 Å². The highest BCUT2D eigenvalue weighted by Gasteiger charge is 2.38. The van der Waals surface area contributed by atoms with Crippen molar-refractivity contribution in [3.8, 4) is 11.5 Å². The first-order chi connectivity index (χ1) is 11.7. The SMILES string of the molecule is CCCOc1c(Br)cc(C(=O)N2C3CCNCC2CC3)cc1OC.Cl. The van der Waals surface area contributed by atoms with E-state index in [-0.39, 0.29) is 18.3 Å². The number of fused-ring (bicyclic) bond motifs is 2. The summed E-state index contributed by atoms with van der Waals surface area (Å²) < 4.78 is 12.0. The van der Waals surface area contributed by atoms with E-state index in [1.54, 1.807) is 13.2 Å². The molecule has 1 N–H and O–H groups in total. The summed E-state index contributed by atoms with van der Waals surface area (Å²) in [4.78, 5) is 15.2. The fourth-order valence-electron chi connectivity index (χ4n) is 3.65. The Morgan fingerprint density at radius 1 is 1.32 bits per heavy atom. The maximum atomic E-state index is 13.1. The van der Waals surface area contributed by atoms with Crippen LogP contribution < -0.4 is 14.8 Å². The van der Waals surface area contributed by atoms with Gasteiger partial charge < -0.3 is 19.7 Å². The molecule has 1 aromatic rings. The standard InChI is InChI=1S/C18H25BrN2O3.ClH/c1-3-8-24-17-15(19)9-12(10-16(17)23-2)18(22)21-13-4-5-14(21)11-20-7-6-13;/h9-10,13-14,20H,3-8,11H2,1-2H3;1H. The Morgan fingerprint density at radius 2 is 2.08 bits per heavy atom. The molecule has 0 aromatic heterocycles. The summed E-state index contributed by atoms with van der Waals surface area (Å²) in [5.41, 5.74) is 0.654. The van der Waals surface area contributed by atoms with Gasteiger partial charge in [-0.3, -0.25) is 4.79 Å². The Morgan fingerprint density at radius 3 is 2.80 bits per heavy atom. The predicted octanol–water partition coefficient (Wildman–Crippen LogP) is 3.63. The van der Waals surface area contributed by atoms with Crippen molar-refractivity contribution in [3.63, 3.8) is 0 Å². The van der Waals surface area contributed by atoms with E-state index in [1.807, 2.05) is 6.07 Å². The van der Waals surface area contributed by atoms with Crippen molar-refractivity contribution in [1.29, 1.82) is 0 Å². The van der Waals surface area contributed by atoms with Crippen molar-refractivity contribution >= 4 is 34.2 Å². The summed E-state index contributed by atoms with van der Waals surface area (Å²) in [6.45, 7) is 4.55. The lowest BCUT2D eigenvalue weighted by Gasteiger charge is -2.28. The zero-order chi connectivity index (χ0) is 17.1. The van der Waals surface area contributed by atoms with Gasteiger partial charge in [0, 0.05) is 24.2 Å². The van der Waals surface area contributed by atoms with Gasteiger partial charge in [0.05, 0.1) is 18.2 Å². The first-order valence-electron chi connectivity index (χ1n) is 8.69. The van der Waals surface area contributed by atoms with E-state index in [2.05, 4.69) is 33.1 Å². The third kappa shape index (κ3) is 4.23. The van der Waals surface area contributed by atoms with Gasteiger partial charge in [0.2, 0.25) is 0 Å². The highest BCUT2D eigenvalue weighted by atomic mass is 79.9. The second-order valence-corrected chi connectivity index (χ2v) is 7.28. The number of nitrogens with zero attached hydrogens (tertiary/aromatic N) is 1. The predicted molar refractivity (Wildman–Crippen MR) is 104 cm³/mol. The summed E-state index contributed by atoms with van der Waals surface area (Å²) in [6, 6.07) is 4.30. The van der Waals surface area contributed by atoms with Crippen LogP contribution in [-0.2, 0) is 0 Å². The second-order valence-electron chi connectivity index (χ2n) is 6.43.